The van der Waals surface area contributed by atoms with Gasteiger partial charge in [-0.2, -0.15) is 0 Å². The van der Waals surface area contributed by atoms with Crippen LogP contribution in [0, 0.1) is 0 Å². The average molecular weight is 390 g/mol. The van der Waals surface area contributed by atoms with Gasteiger partial charge in [-0.1, -0.05) is 29.3 Å². The fourth-order valence-corrected chi connectivity index (χ4v) is 3.30. The molecule has 0 atom stereocenters. The number of carbonyl (C=O) groups is 1. The highest BCUT2D eigenvalue weighted by Crippen LogP contribution is 2.23. The summed E-state index contributed by atoms with van der Waals surface area (Å²) in [6.07, 6.45) is 2.28. The summed E-state index contributed by atoms with van der Waals surface area (Å²) in [7, 11) is 4.12. The van der Waals surface area contributed by atoms with Crippen molar-refractivity contribution in [2.45, 2.75) is 13.0 Å². The van der Waals surface area contributed by atoms with Crippen LogP contribution in [0.2, 0.25) is 10.0 Å². The summed E-state index contributed by atoms with van der Waals surface area (Å²) in [4.78, 5) is 14.5. The largest absolute Gasteiger partial charge is 0.346 e. The van der Waals surface area contributed by atoms with Gasteiger partial charge in [-0.05, 0) is 56.1 Å². The molecule has 0 aliphatic carbocycles. The predicted octanol–water partition coefficient (Wildman–Crippen LogP) is 4.69. The fraction of sp³-hybridized carbons (Fsp3) is 0.250. The number of anilines is 1. The molecule has 3 aromatic rings. The number of aromatic nitrogens is 1. The average Bonchev–Trinajstić information content (AvgIpc) is 2.98. The van der Waals surface area contributed by atoms with Crippen LogP contribution in [0.1, 0.15) is 5.56 Å². The molecule has 0 bridgehead atoms. The van der Waals surface area contributed by atoms with Gasteiger partial charge in [-0.25, -0.2) is 0 Å². The summed E-state index contributed by atoms with van der Waals surface area (Å²) < 4.78 is 2.22. The van der Waals surface area contributed by atoms with Gasteiger partial charge < -0.3 is 14.8 Å². The van der Waals surface area contributed by atoms with Crippen molar-refractivity contribution in [3.63, 3.8) is 0 Å². The van der Waals surface area contributed by atoms with Crippen LogP contribution in [-0.4, -0.2) is 36.0 Å². The van der Waals surface area contributed by atoms with E-state index in [4.69, 9.17) is 23.2 Å². The van der Waals surface area contributed by atoms with Crippen LogP contribution in [-0.2, 0) is 17.8 Å². The van der Waals surface area contributed by atoms with Gasteiger partial charge in [0.1, 0.15) is 0 Å². The van der Waals surface area contributed by atoms with E-state index in [0.29, 0.717) is 10.0 Å². The topological polar surface area (TPSA) is 37.3 Å². The molecule has 1 amide bonds. The van der Waals surface area contributed by atoms with Crippen LogP contribution < -0.4 is 5.32 Å². The molecular formula is C20H21Cl2N3O. The first-order chi connectivity index (χ1) is 12.4. The first-order valence-corrected chi connectivity index (χ1v) is 9.15. The Labute approximate surface area is 163 Å². The van der Waals surface area contributed by atoms with Crippen LogP contribution in [0.4, 0.5) is 5.69 Å². The summed E-state index contributed by atoms with van der Waals surface area (Å²) in [5, 5.41) is 5.10. The van der Waals surface area contributed by atoms with Gasteiger partial charge in [0.25, 0.3) is 0 Å². The molecule has 0 unspecified atom stereocenters. The summed E-state index contributed by atoms with van der Waals surface area (Å²) in [6.45, 7) is 1.90. The third-order valence-corrected chi connectivity index (χ3v) is 4.80. The van der Waals surface area contributed by atoms with Crippen LogP contribution >= 0.6 is 23.2 Å². The smallest absolute Gasteiger partial charge is 0.228 e. The van der Waals surface area contributed by atoms with Crippen LogP contribution in [0.15, 0.2) is 48.7 Å². The van der Waals surface area contributed by atoms with E-state index in [1.807, 2.05) is 18.2 Å². The Morgan fingerprint density at radius 2 is 1.92 bits per heavy atom. The number of nitrogens with one attached hydrogen (secondary N) is 1. The zero-order valence-electron chi connectivity index (χ0n) is 14.8. The standard InChI is InChI=1S/C20H21Cl2N3O/c1-24(2)9-10-25-8-7-15-11-17(5-6-19(15)25)23-20(26)12-14-3-4-16(21)13-18(14)22/h3-8,11,13H,9-10,12H2,1-2H3,(H,23,26). The maximum Gasteiger partial charge on any atom is 0.228 e. The minimum Gasteiger partial charge on any atom is -0.346 e. The number of carbonyl (C=O) groups excluding carboxylic acids is 1. The van der Waals surface area contributed by atoms with Gasteiger partial charge in [0.05, 0.1) is 6.42 Å². The molecule has 0 spiro atoms. The zero-order chi connectivity index (χ0) is 18.7. The van der Waals surface area contributed by atoms with Gasteiger partial charge in [-0.3, -0.25) is 4.79 Å². The zero-order valence-corrected chi connectivity index (χ0v) is 16.3. The monoisotopic (exact) mass is 389 g/mol. The van der Waals surface area contributed by atoms with Crippen molar-refractivity contribution in [3.05, 3.63) is 64.3 Å². The van der Waals surface area contributed by atoms with Gasteiger partial charge in [0, 0.05) is 45.9 Å². The summed E-state index contributed by atoms with van der Waals surface area (Å²) >= 11 is 12.0. The van der Waals surface area contributed by atoms with Crippen LogP contribution in [0.3, 0.4) is 0 Å². The Kier molecular flexibility index (Phi) is 5.87. The molecule has 6 heteroatoms. The number of benzene rings is 2. The minimum atomic E-state index is -0.111. The van der Waals surface area contributed by atoms with Crippen LogP contribution in [0.25, 0.3) is 10.9 Å². The molecule has 1 aromatic heterocycles. The number of rotatable bonds is 6. The van der Waals surface area contributed by atoms with Gasteiger partial charge in [-0.15, -0.1) is 0 Å². The summed E-state index contributed by atoms with van der Waals surface area (Å²) in [6, 6.07) is 13.2. The Morgan fingerprint density at radius 3 is 2.65 bits per heavy atom. The minimum absolute atomic E-state index is 0.111. The second-order valence-electron chi connectivity index (χ2n) is 6.55. The summed E-state index contributed by atoms with van der Waals surface area (Å²) in [5.41, 5.74) is 2.69. The van der Waals surface area contributed by atoms with Crippen molar-refractivity contribution in [1.82, 2.24) is 9.47 Å². The molecule has 1 heterocycles. The number of likely N-dealkylation sites (N-methyl/N-ethyl adjacent to an activating group) is 1. The van der Waals surface area contributed by atoms with E-state index >= 15 is 0 Å². The lowest BCUT2D eigenvalue weighted by atomic mass is 10.1. The Bertz CT molecular complexity index is 934. The quantitative estimate of drug-likeness (QED) is 0.663. The second-order valence-corrected chi connectivity index (χ2v) is 7.39. The Hall–Kier alpha value is -2.01. The first-order valence-electron chi connectivity index (χ1n) is 8.40. The molecule has 26 heavy (non-hydrogen) atoms. The van der Waals surface area contributed by atoms with Gasteiger partial charge in [0.15, 0.2) is 0 Å². The molecular weight excluding hydrogens is 369 g/mol. The third-order valence-electron chi connectivity index (χ3n) is 4.21. The highest BCUT2D eigenvalue weighted by atomic mass is 35.5. The van der Waals surface area contributed by atoms with E-state index < -0.39 is 0 Å². The third kappa shape index (κ3) is 4.58. The van der Waals surface area contributed by atoms with Gasteiger partial charge in [0.2, 0.25) is 5.91 Å². The molecule has 1 N–H and O–H groups in total. The molecule has 0 aliphatic rings. The predicted molar refractivity (Wildman–Crippen MR) is 109 cm³/mol. The molecule has 2 aromatic carbocycles. The Balaban J connectivity index is 1.69. The fourth-order valence-electron chi connectivity index (χ4n) is 2.82. The molecule has 136 valence electrons. The number of hydrogen-bond acceptors (Lipinski definition) is 2. The number of hydrogen-bond donors (Lipinski definition) is 1. The van der Waals surface area contributed by atoms with E-state index in [1.165, 1.54) is 0 Å². The lowest BCUT2D eigenvalue weighted by Crippen LogP contribution is -2.17. The van der Waals surface area contributed by atoms with Crippen molar-refractivity contribution in [2.24, 2.45) is 0 Å². The van der Waals surface area contributed by atoms with Crippen molar-refractivity contribution in [3.8, 4) is 0 Å². The molecule has 0 saturated heterocycles. The normalized spacial score (nSPS) is 11.3. The van der Waals surface area contributed by atoms with Crippen molar-refractivity contribution in [1.29, 1.82) is 0 Å². The number of halogens is 2. The van der Waals surface area contributed by atoms with Crippen molar-refractivity contribution >= 4 is 45.7 Å². The SMILES string of the molecule is CN(C)CCn1ccc2cc(NC(=O)Cc3ccc(Cl)cc3Cl)ccc21. The molecule has 4 nitrogen and oxygen atoms in total. The van der Waals surface area contributed by atoms with Crippen LogP contribution in [0.5, 0.6) is 0 Å². The number of amides is 1. The van der Waals surface area contributed by atoms with E-state index in [9.17, 15) is 4.79 Å². The van der Waals surface area contributed by atoms with E-state index in [2.05, 4.69) is 41.1 Å². The highest BCUT2D eigenvalue weighted by Gasteiger charge is 2.09. The second kappa shape index (κ2) is 8.12. The number of nitrogens with zero attached hydrogens (tertiary/aromatic N) is 2. The van der Waals surface area contributed by atoms with Gasteiger partial charge >= 0.3 is 0 Å². The van der Waals surface area contributed by atoms with E-state index in [-0.39, 0.29) is 12.3 Å². The van der Waals surface area contributed by atoms with E-state index in [0.717, 1.165) is 35.2 Å². The molecule has 0 fully saturated rings. The molecule has 0 radical (unpaired) electrons. The highest BCUT2D eigenvalue weighted by molar-refractivity contribution is 6.35. The first kappa shape index (κ1) is 18.8. The summed E-state index contributed by atoms with van der Waals surface area (Å²) in [5.74, 6) is -0.111. The maximum absolute atomic E-state index is 12.3. The van der Waals surface area contributed by atoms with Crippen molar-refractivity contribution in [2.75, 3.05) is 26.0 Å². The molecule has 0 aliphatic heterocycles. The lowest BCUT2D eigenvalue weighted by Gasteiger charge is -2.11. The number of fused-ring (bicyclic) bond motifs is 1. The van der Waals surface area contributed by atoms with E-state index in [1.54, 1.807) is 18.2 Å². The molecule has 0 saturated carbocycles. The lowest BCUT2D eigenvalue weighted by molar-refractivity contribution is -0.115. The van der Waals surface area contributed by atoms with Crippen molar-refractivity contribution < 1.29 is 4.79 Å². The molecule has 3 rings (SSSR count). The maximum atomic E-state index is 12.3. The Morgan fingerprint density at radius 1 is 1.12 bits per heavy atom.